The average molecular weight is 316 g/mol. The zero-order chi connectivity index (χ0) is 17.0. The van der Waals surface area contributed by atoms with E-state index in [4.69, 9.17) is 0 Å². The predicted molar refractivity (Wildman–Crippen MR) is 90.4 cm³/mol. The lowest BCUT2D eigenvalue weighted by atomic mass is 10.1. The quantitative estimate of drug-likeness (QED) is 0.811. The molecule has 1 aromatic carbocycles. The summed E-state index contributed by atoms with van der Waals surface area (Å²) in [5.41, 5.74) is 1.44. The maximum Gasteiger partial charge on any atom is 0.320 e. The summed E-state index contributed by atoms with van der Waals surface area (Å²) in [4.78, 5) is 12.3. The zero-order valence-electron chi connectivity index (χ0n) is 14.0. The Bertz CT molecular complexity index is 659. The molecule has 0 spiro atoms. The van der Waals surface area contributed by atoms with Crippen molar-refractivity contribution in [3.63, 3.8) is 0 Å². The summed E-state index contributed by atoms with van der Waals surface area (Å²) in [6.07, 6.45) is 0. The van der Waals surface area contributed by atoms with Crippen LogP contribution in [0.5, 0.6) is 0 Å². The van der Waals surface area contributed by atoms with Crippen molar-refractivity contribution in [2.75, 3.05) is 11.9 Å². The number of carbonyl (C=O) groups excluding carboxylic acids is 1. The minimum absolute atomic E-state index is 0.172. The number of rotatable bonds is 4. The van der Waals surface area contributed by atoms with Gasteiger partial charge in [-0.25, -0.2) is 9.48 Å². The van der Waals surface area contributed by atoms with Gasteiger partial charge in [-0.15, -0.1) is 0 Å². The third-order valence-electron chi connectivity index (χ3n) is 3.40. The van der Waals surface area contributed by atoms with Gasteiger partial charge in [-0.3, -0.25) is 5.32 Å². The molecule has 124 valence electrons. The van der Waals surface area contributed by atoms with Crippen LogP contribution in [0.3, 0.4) is 0 Å². The molecule has 0 fully saturated rings. The van der Waals surface area contributed by atoms with E-state index in [0.29, 0.717) is 5.82 Å². The van der Waals surface area contributed by atoms with Crippen LogP contribution >= 0.6 is 0 Å². The lowest BCUT2D eigenvalue weighted by molar-refractivity contribution is 0.225. The van der Waals surface area contributed by atoms with Crippen LogP contribution in [-0.2, 0) is 5.54 Å². The number of urea groups is 1. The van der Waals surface area contributed by atoms with Gasteiger partial charge in [0.2, 0.25) is 0 Å². The molecule has 0 unspecified atom stereocenters. The van der Waals surface area contributed by atoms with Crippen LogP contribution in [0.2, 0.25) is 0 Å². The summed E-state index contributed by atoms with van der Waals surface area (Å²) in [6, 6.07) is 10.4. The molecular weight excluding hydrogens is 292 g/mol. The molecule has 2 rings (SSSR count). The number of amides is 2. The molecule has 0 aliphatic rings. The van der Waals surface area contributed by atoms with Gasteiger partial charge in [0.1, 0.15) is 5.82 Å². The van der Waals surface area contributed by atoms with Crippen LogP contribution in [0, 0.1) is 6.92 Å². The van der Waals surface area contributed by atoms with Gasteiger partial charge in [-0.1, -0.05) is 30.3 Å². The van der Waals surface area contributed by atoms with Gasteiger partial charge < -0.3 is 10.4 Å². The molecule has 3 N–H and O–H groups in total. The highest BCUT2D eigenvalue weighted by Crippen LogP contribution is 2.21. The average Bonchev–Trinajstić information content (AvgIpc) is 2.86. The van der Waals surface area contributed by atoms with Gasteiger partial charge in [-0.2, -0.15) is 5.10 Å². The fraction of sp³-hybridized carbons (Fsp3) is 0.412. The molecule has 1 atom stereocenters. The lowest BCUT2D eigenvalue weighted by Crippen LogP contribution is -2.36. The number of nitrogens with one attached hydrogen (secondary N) is 2. The van der Waals surface area contributed by atoms with Gasteiger partial charge in [0.25, 0.3) is 0 Å². The minimum Gasteiger partial charge on any atom is -0.394 e. The number of carbonyl (C=O) groups is 1. The van der Waals surface area contributed by atoms with Crippen molar-refractivity contribution in [2.45, 2.75) is 39.3 Å². The molecule has 0 bridgehead atoms. The maximum absolute atomic E-state index is 12.3. The summed E-state index contributed by atoms with van der Waals surface area (Å²) in [6.45, 7) is 7.76. The first-order valence-corrected chi connectivity index (χ1v) is 7.61. The summed E-state index contributed by atoms with van der Waals surface area (Å²) >= 11 is 0. The van der Waals surface area contributed by atoms with Gasteiger partial charge in [-0.05, 0) is 33.3 Å². The Morgan fingerprint density at radius 3 is 2.52 bits per heavy atom. The molecule has 23 heavy (non-hydrogen) atoms. The van der Waals surface area contributed by atoms with Gasteiger partial charge in [0.05, 0.1) is 23.9 Å². The Balaban J connectivity index is 2.11. The maximum atomic E-state index is 12.3. The van der Waals surface area contributed by atoms with Crippen LogP contribution < -0.4 is 10.6 Å². The Morgan fingerprint density at radius 1 is 1.30 bits per heavy atom. The van der Waals surface area contributed by atoms with E-state index in [2.05, 4.69) is 15.7 Å². The first-order valence-electron chi connectivity index (χ1n) is 7.61. The fourth-order valence-electron chi connectivity index (χ4n) is 2.33. The third kappa shape index (κ3) is 4.32. The highest BCUT2D eigenvalue weighted by molar-refractivity contribution is 5.88. The molecule has 0 radical (unpaired) electrons. The monoisotopic (exact) mass is 316 g/mol. The summed E-state index contributed by atoms with van der Waals surface area (Å²) in [5.74, 6) is 0.622. The zero-order valence-corrected chi connectivity index (χ0v) is 14.0. The SMILES string of the molecule is Cc1cc(NC(=O)N[C@H](CO)c2ccccc2)n(C(C)(C)C)n1. The van der Waals surface area contributed by atoms with Crippen LogP contribution in [0.15, 0.2) is 36.4 Å². The van der Waals surface area contributed by atoms with Crippen LogP contribution in [0.1, 0.15) is 38.1 Å². The van der Waals surface area contributed by atoms with Crippen LogP contribution in [-0.4, -0.2) is 27.5 Å². The Labute approximate surface area is 136 Å². The molecule has 0 aliphatic carbocycles. The number of hydrogen-bond donors (Lipinski definition) is 3. The number of anilines is 1. The smallest absolute Gasteiger partial charge is 0.320 e. The van der Waals surface area contributed by atoms with E-state index < -0.39 is 6.04 Å². The predicted octanol–water partition coefficient (Wildman–Crippen LogP) is 2.80. The number of aliphatic hydroxyl groups excluding tert-OH is 1. The summed E-state index contributed by atoms with van der Waals surface area (Å²) < 4.78 is 1.78. The van der Waals surface area contributed by atoms with Crippen LogP contribution in [0.4, 0.5) is 10.6 Å². The second-order valence-electron chi connectivity index (χ2n) is 6.50. The van der Waals surface area contributed by atoms with Gasteiger partial charge in [0, 0.05) is 6.07 Å². The van der Waals surface area contributed by atoms with Crippen molar-refractivity contribution in [2.24, 2.45) is 0 Å². The number of aryl methyl sites for hydroxylation is 1. The van der Waals surface area contributed by atoms with Gasteiger partial charge in [0.15, 0.2) is 0 Å². The number of nitrogens with zero attached hydrogens (tertiary/aromatic N) is 2. The molecule has 0 saturated carbocycles. The molecule has 1 aromatic heterocycles. The topological polar surface area (TPSA) is 79.2 Å². The molecular formula is C17H24N4O2. The number of aromatic nitrogens is 2. The van der Waals surface area contributed by atoms with E-state index in [1.807, 2.05) is 64.1 Å². The highest BCUT2D eigenvalue weighted by atomic mass is 16.3. The molecule has 2 amide bonds. The van der Waals surface area contributed by atoms with Crippen molar-refractivity contribution in [3.8, 4) is 0 Å². The third-order valence-corrected chi connectivity index (χ3v) is 3.40. The number of benzene rings is 1. The van der Waals surface area contributed by atoms with Crippen molar-refractivity contribution >= 4 is 11.8 Å². The Hall–Kier alpha value is -2.34. The second kappa shape index (κ2) is 6.83. The number of aliphatic hydroxyl groups is 1. The van der Waals surface area contributed by atoms with Crippen molar-refractivity contribution < 1.29 is 9.90 Å². The second-order valence-corrected chi connectivity index (χ2v) is 6.50. The van der Waals surface area contributed by atoms with Crippen LogP contribution in [0.25, 0.3) is 0 Å². The van der Waals surface area contributed by atoms with E-state index in [1.165, 1.54) is 0 Å². The van der Waals surface area contributed by atoms with E-state index in [-0.39, 0.29) is 18.2 Å². The summed E-state index contributed by atoms with van der Waals surface area (Å²) in [7, 11) is 0. The van der Waals surface area contributed by atoms with E-state index in [9.17, 15) is 9.90 Å². The first kappa shape index (κ1) is 17.0. The summed E-state index contributed by atoms with van der Waals surface area (Å²) in [5, 5.41) is 19.5. The largest absolute Gasteiger partial charge is 0.394 e. The number of hydrogen-bond acceptors (Lipinski definition) is 3. The van der Waals surface area contributed by atoms with E-state index in [1.54, 1.807) is 4.68 Å². The molecule has 1 heterocycles. The molecule has 0 aliphatic heterocycles. The lowest BCUT2D eigenvalue weighted by Gasteiger charge is -2.23. The molecule has 2 aromatic rings. The highest BCUT2D eigenvalue weighted by Gasteiger charge is 2.21. The molecule has 6 nitrogen and oxygen atoms in total. The first-order chi connectivity index (χ1) is 10.8. The Morgan fingerprint density at radius 2 is 1.96 bits per heavy atom. The Kier molecular flexibility index (Phi) is 5.05. The van der Waals surface area contributed by atoms with Crippen molar-refractivity contribution in [1.82, 2.24) is 15.1 Å². The van der Waals surface area contributed by atoms with Crippen molar-refractivity contribution in [1.29, 1.82) is 0 Å². The molecule has 0 saturated heterocycles. The normalized spacial score (nSPS) is 12.7. The minimum atomic E-state index is -0.455. The molecule has 6 heteroatoms. The van der Waals surface area contributed by atoms with Crippen molar-refractivity contribution in [3.05, 3.63) is 47.7 Å². The van der Waals surface area contributed by atoms with E-state index >= 15 is 0 Å². The van der Waals surface area contributed by atoms with Gasteiger partial charge >= 0.3 is 6.03 Å². The standard InChI is InChI=1S/C17H24N4O2/c1-12-10-15(21(20-12)17(2,3)4)19-16(23)18-14(11-22)13-8-6-5-7-9-13/h5-10,14,22H,11H2,1-4H3,(H2,18,19,23)/t14-/m1/s1. The fourth-order valence-corrected chi connectivity index (χ4v) is 2.33. The van der Waals surface area contributed by atoms with E-state index in [0.717, 1.165) is 11.3 Å².